The Morgan fingerprint density at radius 2 is 2.42 bits per heavy atom. The number of hydrazine groups is 1. The van der Waals surface area contributed by atoms with E-state index >= 15 is 0 Å². The lowest BCUT2D eigenvalue weighted by Crippen LogP contribution is -2.37. The van der Waals surface area contributed by atoms with Crippen molar-refractivity contribution in [2.24, 2.45) is 5.84 Å². The monoisotopic (exact) mass is 171 g/mol. The largest absolute Gasteiger partial charge is 0.368 e. The third kappa shape index (κ3) is 2.07. The zero-order chi connectivity index (χ0) is 8.97. The Morgan fingerprint density at radius 3 is 2.92 bits per heavy atom. The molecule has 1 aromatic heterocycles. The summed E-state index contributed by atoms with van der Waals surface area (Å²) in [7, 11) is 1.85. The SMILES string of the molecule is CNCCN(N)c1n[nH]c(N)n1. The Bertz CT molecular complexity index is 231. The van der Waals surface area contributed by atoms with Gasteiger partial charge in [0.2, 0.25) is 5.95 Å². The molecule has 0 unspecified atom stereocenters. The number of aromatic amines is 1. The molecule has 1 aromatic rings. The van der Waals surface area contributed by atoms with Gasteiger partial charge in [-0.1, -0.05) is 0 Å². The van der Waals surface area contributed by atoms with Crippen molar-refractivity contribution in [1.82, 2.24) is 20.5 Å². The fraction of sp³-hybridized carbons (Fsp3) is 0.600. The molecule has 0 amide bonds. The summed E-state index contributed by atoms with van der Waals surface area (Å²) in [6.07, 6.45) is 0. The van der Waals surface area contributed by atoms with Crippen molar-refractivity contribution in [3.05, 3.63) is 0 Å². The van der Waals surface area contributed by atoms with Gasteiger partial charge in [0.15, 0.2) is 0 Å². The van der Waals surface area contributed by atoms with Crippen LogP contribution >= 0.6 is 0 Å². The molecule has 0 aliphatic rings. The van der Waals surface area contributed by atoms with E-state index in [-0.39, 0.29) is 5.95 Å². The molecule has 0 aliphatic carbocycles. The van der Waals surface area contributed by atoms with Crippen LogP contribution in [0.2, 0.25) is 0 Å². The number of nitrogens with zero attached hydrogens (tertiary/aromatic N) is 3. The summed E-state index contributed by atoms with van der Waals surface area (Å²) in [5.41, 5.74) is 5.32. The molecule has 0 aromatic carbocycles. The second-order valence-corrected chi connectivity index (χ2v) is 2.32. The Balaban J connectivity index is 2.47. The maximum atomic E-state index is 5.59. The van der Waals surface area contributed by atoms with E-state index in [9.17, 15) is 0 Å². The lowest BCUT2D eigenvalue weighted by molar-refractivity contribution is 0.727. The molecule has 68 valence electrons. The number of likely N-dealkylation sites (N-methyl/N-ethyl adjacent to an activating group) is 1. The predicted octanol–water partition coefficient (Wildman–Crippen LogP) is -1.71. The van der Waals surface area contributed by atoms with Gasteiger partial charge >= 0.3 is 0 Å². The van der Waals surface area contributed by atoms with Gasteiger partial charge in [-0.3, -0.25) is 5.01 Å². The second kappa shape index (κ2) is 3.88. The van der Waals surface area contributed by atoms with E-state index in [0.717, 1.165) is 6.54 Å². The minimum Gasteiger partial charge on any atom is -0.368 e. The summed E-state index contributed by atoms with van der Waals surface area (Å²) >= 11 is 0. The summed E-state index contributed by atoms with van der Waals surface area (Å²) in [4.78, 5) is 3.85. The van der Waals surface area contributed by atoms with Crippen LogP contribution in [0.1, 0.15) is 0 Å². The maximum absolute atomic E-state index is 5.59. The molecule has 1 rings (SSSR count). The van der Waals surface area contributed by atoms with Gasteiger partial charge in [-0.25, -0.2) is 10.9 Å². The molecular weight excluding hydrogens is 158 g/mol. The smallest absolute Gasteiger partial charge is 0.260 e. The molecule has 0 bridgehead atoms. The molecule has 7 heteroatoms. The molecule has 0 saturated heterocycles. The number of aromatic nitrogens is 3. The van der Waals surface area contributed by atoms with Gasteiger partial charge in [0.05, 0.1) is 0 Å². The highest BCUT2D eigenvalue weighted by atomic mass is 15.5. The van der Waals surface area contributed by atoms with Gasteiger partial charge < -0.3 is 11.1 Å². The van der Waals surface area contributed by atoms with Crippen LogP contribution in [-0.2, 0) is 0 Å². The normalized spacial score (nSPS) is 10.2. The Hall–Kier alpha value is -1.34. The average molecular weight is 171 g/mol. The highest BCUT2D eigenvalue weighted by Gasteiger charge is 2.05. The predicted molar refractivity (Wildman–Crippen MR) is 46.3 cm³/mol. The van der Waals surface area contributed by atoms with Crippen molar-refractivity contribution in [2.75, 3.05) is 30.9 Å². The van der Waals surface area contributed by atoms with Gasteiger partial charge in [-0.05, 0) is 7.05 Å². The first-order chi connectivity index (χ1) is 5.74. The zero-order valence-corrected chi connectivity index (χ0v) is 6.91. The van der Waals surface area contributed by atoms with Gasteiger partial charge in [0, 0.05) is 13.1 Å². The van der Waals surface area contributed by atoms with Crippen LogP contribution in [-0.4, -0.2) is 35.3 Å². The minimum absolute atomic E-state index is 0.268. The molecule has 0 atom stereocenters. The summed E-state index contributed by atoms with van der Waals surface area (Å²) in [6.45, 7) is 1.40. The summed E-state index contributed by atoms with van der Waals surface area (Å²) in [5, 5.41) is 10.7. The standard InChI is InChI=1S/C5H13N7/c1-8-2-3-12(7)5-9-4(6)10-11-5/h8H,2-3,7H2,1H3,(H3,6,9,10,11). The van der Waals surface area contributed by atoms with Gasteiger partial charge in [-0.2, -0.15) is 4.98 Å². The van der Waals surface area contributed by atoms with Crippen LogP contribution in [0.3, 0.4) is 0 Å². The average Bonchev–Trinajstić information content (AvgIpc) is 2.47. The summed E-state index contributed by atoms with van der Waals surface area (Å²) in [5.74, 6) is 6.26. The number of hydrogen-bond donors (Lipinski definition) is 4. The highest BCUT2D eigenvalue weighted by Crippen LogP contribution is 2.01. The van der Waals surface area contributed by atoms with E-state index in [0.29, 0.717) is 12.5 Å². The fourth-order valence-corrected chi connectivity index (χ4v) is 0.726. The third-order valence-electron chi connectivity index (χ3n) is 1.35. The van der Waals surface area contributed by atoms with Crippen molar-refractivity contribution in [3.8, 4) is 0 Å². The van der Waals surface area contributed by atoms with Crippen LogP contribution in [0, 0.1) is 0 Å². The highest BCUT2D eigenvalue weighted by molar-refractivity contribution is 5.31. The number of nitrogens with two attached hydrogens (primary N) is 2. The number of nitrogens with one attached hydrogen (secondary N) is 2. The summed E-state index contributed by atoms with van der Waals surface area (Å²) in [6, 6.07) is 0. The van der Waals surface area contributed by atoms with E-state index in [2.05, 4.69) is 20.5 Å². The van der Waals surface area contributed by atoms with Crippen molar-refractivity contribution < 1.29 is 0 Å². The number of hydrogen-bond acceptors (Lipinski definition) is 6. The first kappa shape index (κ1) is 8.75. The zero-order valence-electron chi connectivity index (χ0n) is 6.91. The quantitative estimate of drug-likeness (QED) is 0.317. The number of H-pyrrole nitrogens is 1. The van der Waals surface area contributed by atoms with E-state index < -0.39 is 0 Å². The van der Waals surface area contributed by atoms with E-state index in [1.54, 1.807) is 0 Å². The third-order valence-corrected chi connectivity index (χ3v) is 1.35. The molecule has 7 nitrogen and oxygen atoms in total. The number of rotatable bonds is 4. The van der Waals surface area contributed by atoms with Crippen LogP contribution in [0.5, 0.6) is 0 Å². The fourth-order valence-electron chi connectivity index (χ4n) is 0.726. The number of anilines is 2. The molecule has 6 N–H and O–H groups in total. The van der Waals surface area contributed by atoms with Crippen molar-refractivity contribution in [2.45, 2.75) is 0 Å². The van der Waals surface area contributed by atoms with Crippen molar-refractivity contribution >= 4 is 11.9 Å². The first-order valence-corrected chi connectivity index (χ1v) is 3.58. The van der Waals surface area contributed by atoms with Gasteiger partial charge in [0.1, 0.15) is 0 Å². The summed E-state index contributed by atoms with van der Waals surface area (Å²) < 4.78 is 0. The first-order valence-electron chi connectivity index (χ1n) is 3.58. The Labute approximate surface area is 70.1 Å². The molecule has 0 saturated carbocycles. The van der Waals surface area contributed by atoms with Crippen molar-refractivity contribution in [3.63, 3.8) is 0 Å². The van der Waals surface area contributed by atoms with Gasteiger partial charge in [-0.15, -0.1) is 5.10 Å². The lowest BCUT2D eigenvalue weighted by atomic mass is 10.6. The van der Waals surface area contributed by atoms with E-state index in [1.807, 2.05) is 7.05 Å². The molecule has 0 spiro atoms. The molecule has 0 fully saturated rings. The molecular formula is C5H13N7. The van der Waals surface area contributed by atoms with Crippen LogP contribution in [0.15, 0.2) is 0 Å². The van der Waals surface area contributed by atoms with Crippen molar-refractivity contribution in [1.29, 1.82) is 0 Å². The van der Waals surface area contributed by atoms with E-state index in [4.69, 9.17) is 11.6 Å². The molecule has 12 heavy (non-hydrogen) atoms. The molecule has 0 radical (unpaired) electrons. The molecule has 1 heterocycles. The Morgan fingerprint density at radius 1 is 1.67 bits per heavy atom. The Kier molecular flexibility index (Phi) is 2.83. The van der Waals surface area contributed by atoms with Gasteiger partial charge in [0.25, 0.3) is 5.95 Å². The topological polar surface area (TPSA) is 109 Å². The van der Waals surface area contributed by atoms with Crippen LogP contribution in [0.25, 0.3) is 0 Å². The van der Waals surface area contributed by atoms with Crippen LogP contribution in [0.4, 0.5) is 11.9 Å². The minimum atomic E-state index is 0.268. The van der Waals surface area contributed by atoms with E-state index in [1.165, 1.54) is 5.01 Å². The molecule has 0 aliphatic heterocycles. The lowest BCUT2D eigenvalue weighted by Gasteiger charge is -2.12. The second-order valence-electron chi connectivity index (χ2n) is 2.32. The maximum Gasteiger partial charge on any atom is 0.260 e. The van der Waals surface area contributed by atoms with Crippen LogP contribution < -0.4 is 21.9 Å². The number of nitrogen functional groups attached to an aromatic ring is 1.